The Kier molecular flexibility index (Phi) is 5.31. The van der Waals surface area contributed by atoms with Gasteiger partial charge in [-0.15, -0.1) is 0 Å². The Morgan fingerprint density at radius 2 is 2.05 bits per heavy atom. The van der Waals surface area contributed by atoms with E-state index in [-0.39, 0.29) is 10.8 Å². The number of nitrogens with one attached hydrogen (secondary N) is 2. The van der Waals surface area contributed by atoms with E-state index in [1.54, 1.807) is 0 Å². The van der Waals surface area contributed by atoms with Crippen molar-refractivity contribution in [1.29, 1.82) is 0 Å². The molecule has 0 atom stereocenters. The number of methoxy groups -OCH3 is 1. The molecule has 1 aromatic rings. The van der Waals surface area contributed by atoms with Crippen LogP contribution in [0.2, 0.25) is 0 Å². The summed E-state index contributed by atoms with van der Waals surface area (Å²) in [6.07, 6.45) is 0.702. The van der Waals surface area contributed by atoms with Crippen molar-refractivity contribution >= 4 is 21.6 Å². The molecule has 1 rings (SSSR count). The molecule has 106 valence electrons. The highest BCUT2D eigenvalue weighted by Gasteiger charge is 2.16. The van der Waals surface area contributed by atoms with Crippen molar-refractivity contribution < 1.29 is 17.9 Å². The lowest BCUT2D eigenvalue weighted by molar-refractivity contribution is -0.114. The highest BCUT2D eigenvalue weighted by atomic mass is 32.2. The second-order valence-corrected chi connectivity index (χ2v) is 5.71. The van der Waals surface area contributed by atoms with Gasteiger partial charge in [0, 0.05) is 13.5 Å². The van der Waals surface area contributed by atoms with Crippen molar-refractivity contribution in [1.82, 2.24) is 4.72 Å². The zero-order valence-electron chi connectivity index (χ0n) is 11.2. The smallest absolute Gasteiger partial charge is 0.240 e. The van der Waals surface area contributed by atoms with Crippen LogP contribution in [0.1, 0.15) is 20.3 Å². The number of benzene rings is 1. The molecule has 0 aromatic heterocycles. The Bertz CT molecular complexity index is 555. The van der Waals surface area contributed by atoms with E-state index in [4.69, 9.17) is 4.74 Å². The molecule has 1 aromatic carbocycles. The third-order valence-corrected chi connectivity index (χ3v) is 3.79. The molecule has 19 heavy (non-hydrogen) atoms. The number of carbonyl (C=O) groups is 1. The van der Waals surface area contributed by atoms with Crippen LogP contribution in [0.5, 0.6) is 5.75 Å². The molecular weight excluding hydrogens is 268 g/mol. The van der Waals surface area contributed by atoms with E-state index < -0.39 is 10.0 Å². The summed E-state index contributed by atoms with van der Waals surface area (Å²) >= 11 is 0. The minimum absolute atomic E-state index is 0.0884. The molecule has 0 fully saturated rings. The van der Waals surface area contributed by atoms with Crippen molar-refractivity contribution in [2.75, 3.05) is 19.0 Å². The summed E-state index contributed by atoms with van der Waals surface area (Å²) < 4.78 is 31.5. The number of rotatable bonds is 6. The summed E-state index contributed by atoms with van der Waals surface area (Å²) in [5.74, 6) is 0.110. The van der Waals surface area contributed by atoms with Gasteiger partial charge >= 0.3 is 0 Å². The monoisotopic (exact) mass is 286 g/mol. The number of amides is 1. The fourth-order valence-corrected chi connectivity index (χ4v) is 2.62. The van der Waals surface area contributed by atoms with Crippen LogP contribution in [0, 0.1) is 0 Å². The van der Waals surface area contributed by atoms with Gasteiger partial charge < -0.3 is 10.1 Å². The Labute approximate surface area is 113 Å². The van der Waals surface area contributed by atoms with Crippen molar-refractivity contribution in [2.45, 2.75) is 25.2 Å². The van der Waals surface area contributed by atoms with Crippen LogP contribution in [-0.2, 0) is 14.8 Å². The van der Waals surface area contributed by atoms with Crippen LogP contribution < -0.4 is 14.8 Å². The van der Waals surface area contributed by atoms with Gasteiger partial charge in [0.2, 0.25) is 15.9 Å². The van der Waals surface area contributed by atoms with E-state index in [0.717, 1.165) is 0 Å². The van der Waals surface area contributed by atoms with Crippen LogP contribution in [0.15, 0.2) is 23.1 Å². The molecule has 0 aliphatic heterocycles. The number of hydrogen-bond acceptors (Lipinski definition) is 4. The van der Waals surface area contributed by atoms with E-state index in [2.05, 4.69) is 10.0 Å². The lowest BCUT2D eigenvalue weighted by atomic mass is 10.3. The van der Waals surface area contributed by atoms with Gasteiger partial charge in [0.25, 0.3) is 0 Å². The first kappa shape index (κ1) is 15.5. The van der Waals surface area contributed by atoms with Crippen LogP contribution >= 0.6 is 0 Å². The van der Waals surface area contributed by atoms with Crippen LogP contribution in [0.3, 0.4) is 0 Å². The first-order chi connectivity index (χ1) is 8.90. The molecule has 1 amide bonds. The number of ether oxygens (including phenoxy) is 1. The van der Waals surface area contributed by atoms with Crippen molar-refractivity contribution in [3.8, 4) is 5.75 Å². The molecule has 0 radical (unpaired) electrons. The summed E-state index contributed by atoms with van der Waals surface area (Å²) in [5, 5.41) is 2.54. The molecule has 6 nitrogen and oxygen atoms in total. The minimum Gasteiger partial charge on any atom is -0.495 e. The van der Waals surface area contributed by atoms with Crippen molar-refractivity contribution in [3.05, 3.63) is 18.2 Å². The minimum atomic E-state index is -3.56. The maximum absolute atomic E-state index is 12.0. The summed E-state index contributed by atoms with van der Waals surface area (Å²) in [4.78, 5) is 11.2. The molecule has 0 saturated carbocycles. The number of anilines is 1. The second kappa shape index (κ2) is 6.53. The van der Waals surface area contributed by atoms with Gasteiger partial charge in [-0.3, -0.25) is 4.79 Å². The number of carbonyl (C=O) groups excluding carboxylic acids is 1. The Morgan fingerprint density at radius 1 is 1.37 bits per heavy atom. The SMILES string of the molecule is CCCNS(=O)(=O)c1ccc(OC)c(NC(C)=O)c1. The average molecular weight is 286 g/mol. The van der Waals surface area contributed by atoms with E-state index in [9.17, 15) is 13.2 Å². The fraction of sp³-hybridized carbons (Fsp3) is 0.417. The highest BCUT2D eigenvalue weighted by Crippen LogP contribution is 2.27. The molecule has 0 heterocycles. The van der Waals surface area contributed by atoms with Gasteiger partial charge in [0.15, 0.2) is 0 Å². The van der Waals surface area contributed by atoms with E-state index >= 15 is 0 Å². The third kappa shape index (κ3) is 4.22. The topological polar surface area (TPSA) is 84.5 Å². The number of hydrogen-bond donors (Lipinski definition) is 2. The molecule has 0 saturated heterocycles. The summed E-state index contributed by atoms with van der Waals surface area (Å²) in [6, 6.07) is 4.31. The normalized spacial score (nSPS) is 11.1. The lowest BCUT2D eigenvalue weighted by Gasteiger charge is -2.11. The van der Waals surface area contributed by atoms with Gasteiger partial charge in [0.05, 0.1) is 17.7 Å². The molecule has 0 spiro atoms. The van der Waals surface area contributed by atoms with Gasteiger partial charge in [-0.05, 0) is 24.6 Å². The molecule has 0 aliphatic rings. The number of sulfonamides is 1. The van der Waals surface area contributed by atoms with Gasteiger partial charge in [-0.25, -0.2) is 13.1 Å². The lowest BCUT2D eigenvalue weighted by Crippen LogP contribution is -2.24. The Balaban J connectivity index is 3.13. The van der Waals surface area contributed by atoms with Crippen LogP contribution in [-0.4, -0.2) is 28.0 Å². The van der Waals surface area contributed by atoms with Gasteiger partial charge in [0.1, 0.15) is 5.75 Å². The van der Waals surface area contributed by atoms with E-state index in [1.165, 1.54) is 32.2 Å². The third-order valence-electron chi connectivity index (χ3n) is 2.33. The fourth-order valence-electron chi connectivity index (χ4n) is 1.46. The van der Waals surface area contributed by atoms with E-state index in [1.807, 2.05) is 6.92 Å². The first-order valence-electron chi connectivity index (χ1n) is 5.86. The first-order valence-corrected chi connectivity index (χ1v) is 7.34. The average Bonchev–Trinajstić information content (AvgIpc) is 2.35. The largest absolute Gasteiger partial charge is 0.495 e. The quantitative estimate of drug-likeness (QED) is 0.826. The molecule has 0 bridgehead atoms. The highest BCUT2D eigenvalue weighted by molar-refractivity contribution is 7.89. The molecular formula is C12H18N2O4S. The molecule has 0 aliphatic carbocycles. The maximum Gasteiger partial charge on any atom is 0.240 e. The van der Waals surface area contributed by atoms with Gasteiger partial charge in [-0.1, -0.05) is 6.92 Å². The summed E-state index contributed by atoms with van der Waals surface area (Å²) in [5.41, 5.74) is 0.328. The summed E-state index contributed by atoms with van der Waals surface area (Å²) in [6.45, 7) is 3.58. The Hall–Kier alpha value is -1.60. The van der Waals surface area contributed by atoms with Crippen molar-refractivity contribution in [3.63, 3.8) is 0 Å². The van der Waals surface area contributed by atoms with Crippen LogP contribution in [0.25, 0.3) is 0 Å². The molecule has 7 heteroatoms. The van der Waals surface area contributed by atoms with Crippen LogP contribution in [0.4, 0.5) is 5.69 Å². The maximum atomic E-state index is 12.0. The molecule has 0 unspecified atom stereocenters. The zero-order chi connectivity index (χ0) is 14.5. The Morgan fingerprint density at radius 3 is 2.58 bits per heavy atom. The van der Waals surface area contributed by atoms with Crippen molar-refractivity contribution in [2.24, 2.45) is 0 Å². The summed E-state index contributed by atoms with van der Waals surface area (Å²) in [7, 11) is -2.11. The zero-order valence-corrected chi connectivity index (χ0v) is 12.0. The predicted molar refractivity (Wildman–Crippen MR) is 72.8 cm³/mol. The second-order valence-electron chi connectivity index (χ2n) is 3.94. The predicted octanol–water partition coefficient (Wildman–Crippen LogP) is 1.34. The standard InChI is InChI=1S/C12H18N2O4S/c1-4-7-13-19(16,17)10-5-6-12(18-3)11(8-10)14-9(2)15/h5-6,8,13H,4,7H2,1-3H3,(H,14,15). The van der Waals surface area contributed by atoms with Gasteiger partial charge in [-0.2, -0.15) is 0 Å². The van der Waals surface area contributed by atoms with E-state index in [0.29, 0.717) is 24.4 Å². The molecule has 2 N–H and O–H groups in total.